The summed E-state index contributed by atoms with van der Waals surface area (Å²) in [5, 5.41) is 12.1. The van der Waals surface area contributed by atoms with Gasteiger partial charge in [-0.2, -0.15) is 0 Å². The van der Waals surface area contributed by atoms with Crippen molar-refractivity contribution in [2.75, 3.05) is 24.5 Å². The summed E-state index contributed by atoms with van der Waals surface area (Å²) in [5.74, 6) is -3.21. The van der Waals surface area contributed by atoms with Crippen molar-refractivity contribution in [3.8, 4) is 0 Å². The van der Waals surface area contributed by atoms with Crippen LogP contribution in [0.4, 0.5) is 14.5 Å². The fraction of sp³-hybridized carbons (Fsp3) is 0.333. The summed E-state index contributed by atoms with van der Waals surface area (Å²) in [5.41, 5.74) is -1.94. The number of fused-ring (bicyclic) bond motifs is 1. The molecule has 1 aliphatic heterocycles. The molecule has 0 aliphatic carbocycles. The number of benzene rings is 1. The highest BCUT2D eigenvalue weighted by molar-refractivity contribution is 5.96. The normalized spacial score (nSPS) is 17.5. The smallest absolute Gasteiger partial charge is 0.341 e. The van der Waals surface area contributed by atoms with Gasteiger partial charge in [-0.3, -0.25) is 4.79 Å². The van der Waals surface area contributed by atoms with Gasteiger partial charge in [-0.05, 0) is 13.8 Å². The van der Waals surface area contributed by atoms with Crippen molar-refractivity contribution >= 4 is 28.8 Å². The fourth-order valence-corrected chi connectivity index (χ4v) is 3.41. The van der Waals surface area contributed by atoms with Crippen molar-refractivity contribution in [1.29, 1.82) is 0 Å². The number of carbonyl (C=O) groups is 1. The number of anilines is 1. The highest BCUT2D eigenvalue weighted by atomic mass is 19.1. The predicted molar refractivity (Wildman–Crippen MR) is 95.9 cm³/mol. The molecule has 1 aromatic carbocycles. The van der Waals surface area contributed by atoms with Crippen molar-refractivity contribution in [3.05, 3.63) is 45.8 Å². The standard InChI is InChI=1S/C18H19F2N3O3/c1-4-22-8-11(18(25)26)17(24)12-10(3)13(19)16(14(20)15(12)22)23-6-5-21-9(2)7-23/h4,8-9,21H,1,5-7H2,2-3H3,(H,25,26). The highest BCUT2D eigenvalue weighted by Crippen LogP contribution is 2.33. The first-order valence-corrected chi connectivity index (χ1v) is 8.18. The third kappa shape index (κ3) is 2.66. The van der Waals surface area contributed by atoms with Crippen molar-refractivity contribution in [3.63, 3.8) is 0 Å². The maximum atomic E-state index is 15.3. The Kier molecular flexibility index (Phi) is 4.53. The number of nitrogens with zero attached hydrogens (tertiary/aromatic N) is 2. The zero-order valence-corrected chi connectivity index (χ0v) is 14.5. The third-order valence-electron chi connectivity index (χ3n) is 4.67. The van der Waals surface area contributed by atoms with Gasteiger partial charge in [0.1, 0.15) is 11.3 Å². The molecule has 1 saturated heterocycles. The van der Waals surface area contributed by atoms with Gasteiger partial charge < -0.3 is 19.9 Å². The Labute approximate surface area is 148 Å². The second-order valence-corrected chi connectivity index (χ2v) is 6.39. The van der Waals surface area contributed by atoms with Crippen LogP contribution in [0.1, 0.15) is 22.8 Å². The van der Waals surface area contributed by atoms with Gasteiger partial charge in [-0.15, -0.1) is 0 Å². The largest absolute Gasteiger partial charge is 0.477 e. The van der Waals surface area contributed by atoms with E-state index in [0.717, 1.165) is 10.8 Å². The number of aromatic carboxylic acids is 1. The van der Waals surface area contributed by atoms with Crippen LogP contribution < -0.4 is 15.6 Å². The summed E-state index contributed by atoms with van der Waals surface area (Å²) in [6.07, 6.45) is 2.20. The number of pyridine rings is 1. The monoisotopic (exact) mass is 363 g/mol. The summed E-state index contributed by atoms with van der Waals surface area (Å²) >= 11 is 0. The van der Waals surface area contributed by atoms with Crippen molar-refractivity contribution in [2.24, 2.45) is 0 Å². The van der Waals surface area contributed by atoms with Gasteiger partial charge in [0.05, 0.1) is 10.9 Å². The Hall–Kier alpha value is -2.74. The molecule has 1 aromatic heterocycles. The third-order valence-corrected chi connectivity index (χ3v) is 4.67. The first-order valence-electron chi connectivity index (χ1n) is 8.18. The molecular weight excluding hydrogens is 344 g/mol. The van der Waals surface area contributed by atoms with Crippen LogP contribution in [0, 0.1) is 18.6 Å². The average Bonchev–Trinajstić information content (AvgIpc) is 2.59. The predicted octanol–water partition coefficient (Wildman–Crippen LogP) is 2.18. The van der Waals surface area contributed by atoms with Crippen LogP contribution in [-0.2, 0) is 0 Å². The zero-order valence-electron chi connectivity index (χ0n) is 14.5. The van der Waals surface area contributed by atoms with Crippen LogP contribution in [-0.4, -0.2) is 41.3 Å². The molecule has 1 unspecified atom stereocenters. The highest BCUT2D eigenvalue weighted by Gasteiger charge is 2.29. The number of halogens is 2. The van der Waals surface area contributed by atoms with Crippen LogP contribution in [0.25, 0.3) is 17.1 Å². The van der Waals surface area contributed by atoms with E-state index in [1.807, 2.05) is 6.92 Å². The maximum Gasteiger partial charge on any atom is 0.341 e. The van der Waals surface area contributed by atoms with Crippen LogP contribution in [0.15, 0.2) is 17.6 Å². The number of hydrogen-bond donors (Lipinski definition) is 2. The molecule has 0 spiro atoms. The van der Waals surface area contributed by atoms with Crippen molar-refractivity contribution < 1.29 is 18.7 Å². The number of rotatable bonds is 3. The molecule has 1 fully saturated rings. The molecule has 8 heteroatoms. The molecule has 1 aliphatic rings. The molecule has 0 radical (unpaired) electrons. The molecule has 3 rings (SSSR count). The quantitative estimate of drug-likeness (QED) is 0.874. The number of aromatic nitrogens is 1. The van der Waals surface area contributed by atoms with Crippen LogP contribution in [0.5, 0.6) is 0 Å². The van der Waals surface area contributed by atoms with E-state index >= 15 is 8.78 Å². The van der Waals surface area contributed by atoms with E-state index in [1.54, 1.807) is 4.90 Å². The lowest BCUT2D eigenvalue weighted by molar-refractivity contribution is 0.0695. The lowest BCUT2D eigenvalue weighted by Crippen LogP contribution is -2.50. The van der Waals surface area contributed by atoms with Gasteiger partial charge in [0.2, 0.25) is 5.43 Å². The van der Waals surface area contributed by atoms with E-state index in [9.17, 15) is 14.7 Å². The maximum absolute atomic E-state index is 15.3. The van der Waals surface area contributed by atoms with Gasteiger partial charge >= 0.3 is 5.97 Å². The second-order valence-electron chi connectivity index (χ2n) is 6.39. The molecule has 0 amide bonds. The second kappa shape index (κ2) is 6.53. The molecule has 2 N–H and O–H groups in total. The minimum Gasteiger partial charge on any atom is -0.477 e. The Morgan fingerprint density at radius 1 is 1.42 bits per heavy atom. The molecule has 1 atom stereocenters. The number of carboxylic acids is 1. The van der Waals surface area contributed by atoms with E-state index < -0.39 is 28.6 Å². The van der Waals surface area contributed by atoms with E-state index in [0.29, 0.717) is 19.6 Å². The summed E-state index contributed by atoms with van der Waals surface area (Å²) in [7, 11) is 0. The average molecular weight is 363 g/mol. The van der Waals surface area contributed by atoms with Crippen molar-refractivity contribution in [2.45, 2.75) is 19.9 Å². The van der Waals surface area contributed by atoms with Crippen molar-refractivity contribution in [1.82, 2.24) is 9.88 Å². The minimum atomic E-state index is -1.47. The minimum absolute atomic E-state index is 0.0505. The molecule has 0 bridgehead atoms. The number of carboxylic acid groups (broad SMARTS) is 1. The van der Waals surface area contributed by atoms with E-state index in [1.165, 1.54) is 13.1 Å². The number of hydrogen-bond acceptors (Lipinski definition) is 4. The molecule has 6 nitrogen and oxygen atoms in total. The van der Waals surface area contributed by atoms with Gasteiger partial charge in [0, 0.05) is 43.6 Å². The summed E-state index contributed by atoms with van der Waals surface area (Å²) in [4.78, 5) is 25.4. The van der Waals surface area contributed by atoms with E-state index in [-0.39, 0.29) is 28.2 Å². The SMILES string of the molecule is C=Cn1cc(C(=O)O)c(=O)c2c(C)c(F)c(N3CCNC(C)C3)c(F)c21. The molecular formula is C18H19F2N3O3. The Balaban J connectivity index is 2.41. The fourth-order valence-electron chi connectivity index (χ4n) is 3.41. The molecule has 2 aromatic rings. The summed E-state index contributed by atoms with van der Waals surface area (Å²) < 4.78 is 31.5. The van der Waals surface area contributed by atoms with Gasteiger partial charge in [0.15, 0.2) is 11.6 Å². The summed E-state index contributed by atoms with van der Waals surface area (Å²) in [6, 6.07) is 0.0505. The zero-order chi connectivity index (χ0) is 19.2. The first kappa shape index (κ1) is 18.1. The van der Waals surface area contributed by atoms with Crippen LogP contribution in [0.2, 0.25) is 0 Å². The first-order chi connectivity index (χ1) is 12.3. The van der Waals surface area contributed by atoms with Gasteiger partial charge in [-0.25, -0.2) is 13.6 Å². The van der Waals surface area contributed by atoms with Crippen LogP contribution in [0.3, 0.4) is 0 Å². The Morgan fingerprint density at radius 3 is 2.69 bits per heavy atom. The van der Waals surface area contributed by atoms with Gasteiger partial charge in [-0.1, -0.05) is 6.58 Å². The Bertz CT molecular complexity index is 984. The summed E-state index contributed by atoms with van der Waals surface area (Å²) in [6.45, 7) is 8.20. The molecule has 2 heterocycles. The number of piperazine rings is 1. The number of nitrogens with one attached hydrogen (secondary N) is 1. The van der Waals surface area contributed by atoms with Gasteiger partial charge in [0.25, 0.3) is 0 Å². The topological polar surface area (TPSA) is 74.6 Å². The lowest BCUT2D eigenvalue weighted by Gasteiger charge is -2.34. The molecule has 0 saturated carbocycles. The molecule has 138 valence electrons. The lowest BCUT2D eigenvalue weighted by atomic mass is 10.0. The number of aryl methyl sites for hydroxylation is 1. The molecule has 26 heavy (non-hydrogen) atoms. The Morgan fingerprint density at radius 2 is 2.12 bits per heavy atom. The van der Waals surface area contributed by atoms with Crippen LogP contribution >= 0.6 is 0 Å². The van der Waals surface area contributed by atoms with E-state index in [2.05, 4.69) is 11.9 Å². The van der Waals surface area contributed by atoms with E-state index in [4.69, 9.17) is 0 Å².